The van der Waals surface area contributed by atoms with Crippen LogP contribution in [-0.4, -0.2) is 21.2 Å². The van der Waals surface area contributed by atoms with Gasteiger partial charge in [0.05, 0.1) is 11.0 Å². The SMILES string of the molecule is Cl.Cl.Cn1c(-c2ccc(C(=N)N)cc2)nc2cc(-c3ccc(C(=N)N)cc3)ccc21. The summed E-state index contributed by atoms with van der Waals surface area (Å²) in [4.78, 5) is 4.81. The molecule has 0 bridgehead atoms. The molecule has 4 rings (SSSR count). The molecule has 0 saturated heterocycles. The van der Waals surface area contributed by atoms with Crippen LogP contribution in [0.3, 0.4) is 0 Å². The van der Waals surface area contributed by atoms with Gasteiger partial charge in [-0.15, -0.1) is 24.8 Å². The Kier molecular flexibility index (Phi) is 6.87. The van der Waals surface area contributed by atoms with Crippen molar-refractivity contribution in [3.8, 4) is 22.5 Å². The summed E-state index contributed by atoms with van der Waals surface area (Å²) in [5.41, 5.74) is 17.5. The minimum atomic E-state index is 0. The molecule has 4 aromatic rings. The number of amidine groups is 2. The highest BCUT2D eigenvalue weighted by Crippen LogP contribution is 2.28. The predicted molar refractivity (Wildman–Crippen MR) is 128 cm³/mol. The fourth-order valence-corrected chi connectivity index (χ4v) is 3.28. The number of nitrogens with two attached hydrogens (primary N) is 2. The highest BCUT2D eigenvalue weighted by molar-refractivity contribution is 5.96. The molecule has 0 aliphatic rings. The van der Waals surface area contributed by atoms with Crippen molar-refractivity contribution < 1.29 is 0 Å². The van der Waals surface area contributed by atoms with Gasteiger partial charge in [0.1, 0.15) is 17.5 Å². The van der Waals surface area contributed by atoms with Gasteiger partial charge in [-0.05, 0) is 23.3 Å². The summed E-state index contributed by atoms with van der Waals surface area (Å²) in [7, 11) is 1.99. The summed E-state index contributed by atoms with van der Waals surface area (Å²) < 4.78 is 2.06. The molecule has 8 heteroatoms. The lowest BCUT2D eigenvalue weighted by molar-refractivity contribution is 0.959. The van der Waals surface area contributed by atoms with Crippen molar-refractivity contribution in [3.05, 3.63) is 77.9 Å². The molecule has 1 heterocycles. The molecule has 1 aromatic heterocycles. The Morgan fingerprint density at radius 2 is 1.20 bits per heavy atom. The second-order valence-electron chi connectivity index (χ2n) is 6.68. The van der Waals surface area contributed by atoms with Crippen molar-refractivity contribution in [2.75, 3.05) is 0 Å². The number of benzene rings is 3. The topological polar surface area (TPSA) is 118 Å². The Labute approximate surface area is 186 Å². The van der Waals surface area contributed by atoms with Crippen LogP contribution in [-0.2, 0) is 7.05 Å². The minimum Gasteiger partial charge on any atom is -0.384 e. The van der Waals surface area contributed by atoms with E-state index in [1.165, 1.54) is 0 Å². The van der Waals surface area contributed by atoms with Gasteiger partial charge >= 0.3 is 0 Å². The normalized spacial score (nSPS) is 10.2. The standard InChI is InChI=1S/C22H20N6.2ClH/c1-28-19-11-10-17(13-2-4-14(5-3-13)20(23)24)12-18(19)27-22(28)16-8-6-15(7-9-16)21(25)26;;/h2-12H,1H3,(H3,23,24)(H3,25,26);2*1H. The number of hydrogen-bond acceptors (Lipinski definition) is 3. The smallest absolute Gasteiger partial charge is 0.140 e. The van der Waals surface area contributed by atoms with Crippen LogP contribution in [0, 0.1) is 10.8 Å². The molecule has 0 spiro atoms. The molecule has 0 saturated carbocycles. The van der Waals surface area contributed by atoms with E-state index in [4.69, 9.17) is 27.3 Å². The van der Waals surface area contributed by atoms with Crippen molar-refractivity contribution in [1.29, 1.82) is 10.8 Å². The number of nitrogen functional groups attached to an aromatic ring is 2. The molecule has 0 fully saturated rings. The lowest BCUT2D eigenvalue weighted by Crippen LogP contribution is -2.10. The number of nitrogens with zero attached hydrogens (tertiary/aromatic N) is 2. The summed E-state index contributed by atoms with van der Waals surface area (Å²) in [6.07, 6.45) is 0. The monoisotopic (exact) mass is 440 g/mol. The van der Waals surface area contributed by atoms with E-state index in [0.717, 1.165) is 33.5 Å². The summed E-state index contributed by atoms with van der Waals surface area (Å²) in [6.45, 7) is 0. The third-order valence-electron chi connectivity index (χ3n) is 4.86. The summed E-state index contributed by atoms with van der Waals surface area (Å²) in [5.74, 6) is 0.971. The fraction of sp³-hybridized carbons (Fsp3) is 0.0455. The maximum Gasteiger partial charge on any atom is 0.140 e. The van der Waals surface area contributed by atoms with Gasteiger partial charge in [-0.2, -0.15) is 0 Å². The molecule has 6 nitrogen and oxygen atoms in total. The highest BCUT2D eigenvalue weighted by Gasteiger charge is 2.11. The van der Waals surface area contributed by atoms with E-state index < -0.39 is 0 Å². The van der Waals surface area contributed by atoms with Crippen molar-refractivity contribution in [2.24, 2.45) is 18.5 Å². The number of rotatable bonds is 4. The van der Waals surface area contributed by atoms with Crippen LogP contribution in [0.15, 0.2) is 66.7 Å². The Balaban J connectivity index is 0.00000160. The molecule has 3 aromatic carbocycles. The zero-order valence-electron chi connectivity index (χ0n) is 16.2. The zero-order valence-corrected chi connectivity index (χ0v) is 17.8. The van der Waals surface area contributed by atoms with Gasteiger partial charge in [-0.25, -0.2) is 4.98 Å². The first-order chi connectivity index (χ1) is 13.4. The summed E-state index contributed by atoms with van der Waals surface area (Å²) in [6, 6.07) is 21.3. The van der Waals surface area contributed by atoms with Crippen molar-refractivity contribution in [3.63, 3.8) is 0 Å². The number of imidazole rings is 1. The zero-order chi connectivity index (χ0) is 19.8. The largest absolute Gasteiger partial charge is 0.384 e. The molecule has 0 unspecified atom stereocenters. The quantitative estimate of drug-likeness (QED) is 0.279. The Hall–Kier alpha value is -3.35. The minimum absolute atomic E-state index is 0. The molecule has 0 amide bonds. The predicted octanol–water partition coefficient (Wildman–Crippen LogP) is 4.32. The first kappa shape index (κ1) is 22.9. The highest BCUT2D eigenvalue weighted by atomic mass is 35.5. The first-order valence-corrected chi connectivity index (χ1v) is 8.80. The van der Waals surface area contributed by atoms with Gasteiger partial charge in [0.15, 0.2) is 0 Å². The van der Waals surface area contributed by atoms with Gasteiger partial charge < -0.3 is 16.0 Å². The molecule has 0 atom stereocenters. The van der Waals surface area contributed by atoms with Gasteiger partial charge in [0, 0.05) is 23.7 Å². The molecule has 6 N–H and O–H groups in total. The maximum absolute atomic E-state index is 7.52. The van der Waals surface area contributed by atoms with Crippen LogP contribution in [0.2, 0.25) is 0 Å². The lowest BCUT2D eigenvalue weighted by Gasteiger charge is -2.05. The molecule has 154 valence electrons. The van der Waals surface area contributed by atoms with Crippen LogP contribution < -0.4 is 11.5 Å². The molecule has 0 aliphatic carbocycles. The molecular weight excluding hydrogens is 419 g/mol. The van der Waals surface area contributed by atoms with Crippen molar-refractivity contribution in [1.82, 2.24) is 9.55 Å². The Bertz CT molecular complexity index is 1210. The van der Waals surface area contributed by atoms with E-state index >= 15 is 0 Å². The first-order valence-electron chi connectivity index (χ1n) is 8.80. The van der Waals surface area contributed by atoms with Crippen molar-refractivity contribution in [2.45, 2.75) is 0 Å². The van der Waals surface area contributed by atoms with E-state index in [-0.39, 0.29) is 36.5 Å². The molecule has 0 radical (unpaired) electrons. The molecule has 0 aliphatic heterocycles. The third kappa shape index (κ3) is 4.15. The summed E-state index contributed by atoms with van der Waals surface area (Å²) in [5, 5.41) is 15.0. The van der Waals surface area contributed by atoms with Gasteiger partial charge in [0.2, 0.25) is 0 Å². The van der Waals surface area contributed by atoms with Crippen LogP contribution in [0.4, 0.5) is 0 Å². The van der Waals surface area contributed by atoms with Gasteiger partial charge in [-0.1, -0.05) is 54.6 Å². The maximum atomic E-state index is 7.52. The average Bonchev–Trinajstić information content (AvgIpc) is 3.04. The van der Waals surface area contributed by atoms with E-state index in [0.29, 0.717) is 11.1 Å². The number of aromatic nitrogens is 2. The van der Waals surface area contributed by atoms with Crippen molar-refractivity contribution >= 4 is 47.5 Å². The fourth-order valence-electron chi connectivity index (χ4n) is 3.28. The van der Waals surface area contributed by atoms with Gasteiger partial charge in [-0.3, -0.25) is 10.8 Å². The molecule has 30 heavy (non-hydrogen) atoms. The molecular formula is C22H22Cl2N6. The van der Waals surface area contributed by atoms with Gasteiger partial charge in [0.25, 0.3) is 0 Å². The number of halogens is 2. The van der Waals surface area contributed by atoms with Crippen LogP contribution in [0.25, 0.3) is 33.5 Å². The van der Waals surface area contributed by atoms with Crippen LogP contribution in [0.1, 0.15) is 11.1 Å². The number of fused-ring (bicyclic) bond motifs is 1. The van der Waals surface area contributed by atoms with Crippen LogP contribution >= 0.6 is 24.8 Å². The Morgan fingerprint density at radius 1 is 0.733 bits per heavy atom. The Morgan fingerprint density at radius 3 is 1.70 bits per heavy atom. The number of nitrogens with one attached hydrogen (secondary N) is 2. The van der Waals surface area contributed by atoms with E-state index in [1.54, 1.807) is 0 Å². The second-order valence-corrected chi connectivity index (χ2v) is 6.68. The van der Waals surface area contributed by atoms with Crippen LogP contribution in [0.5, 0.6) is 0 Å². The average molecular weight is 441 g/mol. The number of aryl methyl sites for hydroxylation is 1. The van der Waals surface area contributed by atoms with E-state index in [2.05, 4.69) is 22.8 Å². The van der Waals surface area contributed by atoms with E-state index in [1.807, 2.05) is 55.6 Å². The lowest BCUT2D eigenvalue weighted by atomic mass is 10.0. The van der Waals surface area contributed by atoms with E-state index in [9.17, 15) is 0 Å². The third-order valence-corrected chi connectivity index (χ3v) is 4.86. The second kappa shape index (κ2) is 8.98. The number of hydrogen-bond donors (Lipinski definition) is 4. The summed E-state index contributed by atoms with van der Waals surface area (Å²) >= 11 is 0.